The minimum Gasteiger partial charge on any atom is -0.387 e. The van der Waals surface area contributed by atoms with Crippen molar-refractivity contribution in [2.24, 2.45) is 17.3 Å². The molecule has 1 N–H and O–H groups in total. The van der Waals surface area contributed by atoms with E-state index >= 15 is 0 Å². The van der Waals surface area contributed by atoms with Gasteiger partial charge in [0.25, 0.3) is 11.8 Å². The summed E-state index contributed by atoms with van der Waals surface area (Å²) in [4.78, 5) is 40.0. The Morgan fingerprint density at radius 3 is 2.30 bits per heavy atom. The van der Waals surface area contributed by atoms with E-state index in [0.717, 1.165) is 30.9 Å². The van der Waals surface area contributed by atoms with Crippen molar-refractivity contribution >= 4 is 17.7 Å². The molecule has 43 heavy (non-hydrogen) atoms. The van der Waals surface area contributed by atoms with Crippen molar-refractivity contribution in [3.05, 3.63) is 83.4 Å². The summed E-state index contributed by atoms with van der Waals surface area (Å²) in [5.41, 5.74) is 1.21. The fraction of sp³-hybridized carbons (Fsp3) is 0.514. The largest absolute Gasteiger partial charge is 0.387 e. The van der Waals surface area contributed by atoms with E-state index in [0.29, 0.717) is 44.3 Å². The molecule has 1 fully saturated rings. The normalized spacial score (nSPS) is 21.1. The number of benzene rings is 2. The quantitative estimate of drug-likeness (QED) is 0.227. The van der Waals surface area contributed by atoms with Crippen LogP contribution in [0.25, 0.3) is 0 Å². The highest BCUT2D eigenvalue weighted by Gasteiger charge is 2.47. The summed E-state index contributed by atoms with van der Waals surface area (Å²) in [6, 6.07) is 13.5. The Morgan fingerprint density at radius 1 is 0.977 bits per heavy atom. The number of hydrogen-bond donors (Lipinski definition) is 1. The van der Waals surface area contributed by atoms with E-state index in [-0.39, 0.29) is 46.9 Å². The molecule has 1 aliphatic heterocycles. The van der Waals surface area contributed by atoms with E-state index in [1.165, 1.54) is 29.2 Å². The summed E-state index contributed by atoms with van der Waals surface area (Å²) in [5.74, 6) is -1.83. The third kappa shape index (κ3) is 8.17. The van der Waals surface area contributed by atoms with Gasteiger partial charge in [-0.05, 0) is 84.6 Å². The maximum atomic E-state index is 15.0. The molecule has 0 radical (unpaired) electrons. The lowest BCUT2D eigenvalue weighted by Crippen LogP contribution is -2.53. The topological polar surface area (TPSA) is 77.9 Å². The predicted molar refractivity (Wildman–Crippen MR) is 162 cm³/mol. The first kappa shape index (κ1) is 32.5. The first-order valence-electron chi connectivity index (χ1n) is 15.4. The second-order valence-electron chi connectivity index (χ2n) is 13.1. The minimum absolute atomic E-state index is 0.00284. The average molecular weight is 595 g/mol. The highest BCUT2D eigenvalue weighted by Crippen LogP contribution is 2.50. The van der Waals surface area contributed by atoms with Crippen molar-refractivity contribution < 1.29 is 28.3 Å². The van der Waals surface area contributed by atoms with E-state index in [2.05, 4.69) is 32.9 Å². The first-order chi connectivity index (χ1) is 20.5. The third-order valence-electron chi connectivity index (χ3n) is 9.00. The van der Waals surface area contributed by atoms with Crippen LogP contribution in [0.3, 0.4) is 0 Å². The van der Waals surface area contributed by atoms with Crippen LogP contribution >= 0.6 is 0 Å². The second kappa shape index (κ2) is 14.4. The van der Waals surface area contributed by atoms with Gasteiger partial charge >= 0.3 is 0 Å². The van der Waals surface area contributed by atoms with Gasteiger partial charge in [0.05, 0.1) is 0 Å². The van der Waals surface area contributed by atoms with Gasteiger partial charge in [-0.1, -0.05) is 63.9 Å². The van der Waals surface area contributed by atoms with Gasteiger partial charge in [0.15, 0.2) is 0 Å². The molecule has 8 heteroatoms. The molecule has 3 amide bonds. The SMILES string of the molecule is CC(C)(C)[C@H](C1CC(c2cc(F)ccc2F)CC1Cc1ccccc1)N(CCCCCCN1C(=O)C=CC1=O)C(=O)CO. The van der Waals surface area contributed by atoms with E-state index in [1.807, 2.05) is 23.1 Å². The van der Waals surface area contributed by atoms with Crippen LogP contribution in [-0.2, 0) is 20.8 Å². The number of aliphatic hydroxyl groups is 1. The van der Waals surface area contributed by atoms with Crippen LogP contribution in [-0.4, -0.2) is 58.4 Å². The average Bonchev–Trinajstić information content (AvgIpc) is 3.52. The van der Waals surface area contributed by atoms with Crippen molar-refractivity contribution in [2.45, 2.75) is 77.7 Å². The lowest BCUT2D eigenvalue weighted by Gasteiger charge is -2.46. The van der Waals surface area contributed by atoms with Gasteiger partial charge in [0.2, 0.25) is 5.91 Å². The van der Waals surface area contributed by atoms with Crippen molar-refractivity contribution in [3.8, 4) is 0 Å². The maximum Gasteiger partial charge on any atom is 0.253 e. The monoisotopic (exact) mass is 594 g/mol. The van der Waals surface area contributed by atoms with Crippen LogP contribution in [0, 0.1) is 28.9 Å². The Morgan fingerprint density at radius 2 is 1.65 bits per heavy atom. The Balaban J connectivity index is 1.53. The van der Waals surface area contributed by atoms with Crippen molar-refractivity contribution in [3.63, 3.8) is 0 Å². The molecule has 2 aliphatic rings. The molecule has 1 aliphatic carbocycles. The van der Waals surface area contributed by atoms with Gasteiger partial charge in [-0.2, -0.15) is 0 Å². The number of nitrogens with zero attached hydrogens (tertiary/aromatic N) is 2. The van der Waals surface area contributed by atoms with Crippen LogP contribution in [0.2, 0.25) is 0 Å². The number of rotatable bonds is 13. The molecule has 4 rings (SSSR count). The summed E-state index contributed by atoms with van der Waals surface area (Å²) in [6.45, 7) is 6.53. The van der Waals surface area contributed by atoms with Crippen molar-refractivity contribution in [2.75, 3.05) is 19.7 Å². The van der Waals surface area contributed by atoms with E-state index in [4.69, 9.17) is 0 Å². The van der Waals surface area contributed by atoms with Crippen LogP contribution in [0.5, 0.6) is 0 Å². The summed E-state index contributed by atoms with van der Waals surface area (Å²) in [6.07, 6.45) is 7.59. The fourth-order valence-electron chi connectivity index (χ4n) is 7.18. The highest BCUT2D eigenvalue weighted by molar-refractivity contribution is 6.12. The van der Waals surface area contributed by atoms with Gasteiger partial charge in [0, 0.05) is 31.3 Å². The fourth-order valence-corrected chi connectivity index (χ4v) is 7.18. The number of aliphatic hydroxyl groups excluding tert-OH is 1. The van der Waals surface area contributed by atoms with Crippen LogP contribution < -0.4 is 0 Å². The van der Waals surface area contributed by atoms with Gasteiger partial charge in [0.1, 0.15) is 18.2 Å². The molecule has 2 aromatic rings. The number of carbonyl (C=O) groups is 3. The Bertz CT molecular complexity index is 1290. The Labute approximate surface area is 253 Å². The van der Waals surface area contributed by atoms with Gasteiger partial charge in [-0.25, -0.2) is 8.78 Å². The number of amides is 3. The van der Waals surface area contributed by atoms with Gasteiger partial charge < -0.3 is 10.0 Å². The molecule has 2 aromatic carbocycles. The maximum absolute atomic E-state index is 15.0. The Kier molecular flexibility index (Phi) is 10.9. The summed E-state index contributed by atoms with van der Waals surface area (Å²) < 4.78 is 29.2. The third-order valence-corrected chi connectivity index (χ3v) is 9.00. The summed E-state index contributed by atoms with van der Waals surface area (Å²) >= 11 is 0. The zero-order chi connectivity index (χ0) is 31.1. The zero-order valence-corrected chi connectivity index (χ0v) is 25.5. The van der Waals surface area contributed by atoms with Gasteiger partial charge in [-0.15, -0.1) is 0 Å². The molecule has 0 saturated heterocycles. The highest BCUT2D eigenvalue weighted by atomic mass is 19.1. The molecule has 3 unspecified atom stereocenters. The number of imide groups is 1. The molecule has 0 spiro atoms. The molecule has 1 heterocycles. The molecular formula is C35H44F2N2O4. The molecular weight excluding hydrogens is 550 g/mol. The molecule has 0 bridgehead atoms. The molecule has 232 valence electrons. The molecule has 6 nitrogen and oxygen atoms in total. The van der Waals surface area contributed by atoms with Crippen molar-refractivity contribution in [1.29, 1.82) is 0 Å². The number of hydrogen-bond acceptors (Lipinski definition) is 4. The van der Waals surface area contributed by atoms with E-state index < -0.39 is 18.2 Å². The summed E-state index contributed by atoms with van der Waals surface area (Å²) in [5, 5.41) is 10.0. The van der Waals surface area contributed by atoms with Crippen LogP contribution in [0.15, 0.2) is 60.7 Å². The van der Waals surface area contributed by atoms with Crippen molar-refractivity contribution in [1.82, 2.24) is 9.80 Å². The second-order valence-corrected chi connectivity index (χ2v) is 13.1. The van der Waals surface area contributed by atoms with Gasteiger partial charge in [-0.3, -0.25) is 19.3 Å². The van der Waals surface area contributed by atoms with Crippen LogP contribution in [0.1, 0.15) is 76.3 Å². The number of unbranched alkanes of at least 4 members (excludes halogenated alkanes) is 3. The molecule has 4 atom stereocenters. The number of halogens is 2. The van der Waals surface area contributed by atoms with Crippen LogP contribution in [0.4, 0.5) is 8.78 Å². The lowest BCUT2D eigenvalue weighted by atomic mass is 9.72. The minimum atomic E-state index is -0.600. The Hall–Kier alpha value is -3.39. The lowest BCUT2D eigenvalue weighted by molar-refractivity contribution is -0.142. The number of carbonyl (C=O) groups excluding carboxylic acids is 3. The first-order valence-corrected chi connectivity index (χ1v) is 15.4. The van der Waals surface area contributed by atoms with E-state index in [9.17, 15) is 28.3 Å². The predicted octanol–water partition coefficient (Wildman–Crippen LogP) is 6.04. The summed E-state index contributed by atoms with van der Waals surface area (Å²) in [7, 11) is 0. The molecule has 1 saturated carbocycles. The standard InChI is InChI=1S/C35H44F2N2O4/c1-35(2,3)34(39(33(43)23-40)18-10-5-4-9-17-38-31(41)15-16-32(38)42)29-21-26(28-22-27(36)13-14-30(28)37)20-25(29)19-24-11-7-6-8-12-24/h6-8,11-16,22,25-26,29,34,40H,4-5,9-10,17-21,23H2,1-3H3/t25?,26?,29?,34-/m0/s1. The smallest absolute Gasteiger partial charge is 0.253 e. The zero-order valence-electron chi connectivity index (χ0n) is 25.5. The van der Waals surface area contributed by atoms with E-state index in [1.54, 1.807) is 0 Å². The molecule has 0 aromatic heterocycles.